The van der Waals surface area contributed by atoms with E-state index in [0.717, 1.165) is 12.1 Å². The lowest BCUT2D eigenvalue weighted by Crippen LogP contribution is -2.74. The van der Waals surface area contributed by atoms with Gasteiger partial charge in [0, 0.05) is 25.2 Å². The zero-order valence-corrected chi connectivity index (χ0v) is 38.9. The monoisotopic (exact) mass is 1070 g/mol. The first-order chi connectivity index (χ1) is 31.8. The van der Waals surface area contributed by atoms with Gasteiger partial charge in [-0.1, -0.05) is 45.9 Å². The van der Waals surface area contributed by atoms with Gasteiger partial charge in [-0.15, -0.1) is 0 Å². The van der Waals surface area contributed by atoms with E-state index in [1.165, 1.54) is 72.1 Å². The molecule has 0 aliphatic heterocycles. The number of amides is 1. The Balaban J connectivity index is 2.35. The summed E-state index contributed by atoms with van der Waals surface area (Å²) in [6, 6.07) is 6.24. The molecule has 2 rings (SSSR count). The Morgan fingerprint density at radius 1 is 0.714 bits per heavy atom. The van der Waals surface area contributed by atoms with Gasteiger partial charge in [-0.3, -0.25) is 5.32 Å². The van der Waals surface area contributed by atoms with Crippen LogP contribution in [0, 0.1) is 11.6 Å². The summed E-state index contributed by atoms with van der Waals surface area (Å²) in [5.41, 5.74) is -1.84. The van der Waals surface area contributed by atoms with Crippen LogP contribution in [0.4, 0.5) is 93.9 Å². The van der Waals surface area contributed by atoms with Crippen LogP contribution >= 0.6 is 0 Å². The average molecular weight is 1070 g/mol. The fourth-order valence-corrected chi connectivity index (χ4v) is 11.4. The summed E-state index contributed by atoms with van der Waals surface area (Å²) in [4.78, 5) is 25.0. The van der Waals surface area contributed by atoms with Gasteiger partial charge in [-0.05, 0) is 73.6 Å². The second-order valence-electron chi connectivity index (χ2n) is 16.2. The maximum Gasteiger partial charge on any atom is 0.460 e. The third-order valence-electron chi connectivity index (χ3n) is 11.0. The summed E-state index contributed by atoms with van der Waals surface area (Å²) in [6.07, 6.45) is -12.1. The molecule has 0 spiro atoms. The van der Waals surface area contributed by atoms with Crippen molar-refractivity contribution in [3.05, 3.63) is 71.3 Å². The van der Waals surface area contributed by atoms with E-state index < -0.39 is 134 Å². The van der Waals surface area contributed by atoms with Crippen molar-refractivity contribution in [1.82, 2.24) is 0 Å². The zero-order valence-electron chi connectivity index (χ0n) is 37.9. The van der Waals surface area contributed by atoms with Gasteiger partial charge in [0.05, 0.1) is 25.0 Å². The van der Waals surface area contributed by atoms with Gasteiger partial charge in [0.25, 0.3) is 0 Å². The predicted molar refractivity (Wildman–Crippen MR) is 214 cm³/mol. The smallest absolute Gasteiger partial charge is 0.460 e. The van der Waals surface area contributed by atoms with Crippen molar-refractivity contribution in [3.8, 4) is 5.75 Å². The molecule has 0 heterocycles. The van der Waals surface area contributed by atoms with Crippen LogP contribution < -0.4 is 10.1 Å². The summed E-state index contributed by atoms with van der Waals surface area (Å²) in [5.74, 6) is -59.7. The third kappa shape index (κ3) is 12.8. The summed E-state index contributed by atoms with van der Waals surface area (Å²) >= 11 is 0. The maximum atomic E-state index is 15.0. The van der Waals surface area contributed by atoms with Crippen molar-refractivity contribution in [1.29, 1.82) is 0 Å². The highest BCUT2D eigenvalue weighted by molar-refractivity contribution is 6.76. The maximum absolute atomic E-state index is 15.0. The van der Waals surface area contributed by atoms with Crippen LogP contribution in [0.15, 0.2) is 54.1 Å². The van der Waals surface area contributed by atoms with Crippen LogP contribution in [0.25, 0.3) is 0 Å². The highest BCUT2D eigenvalue weighted by Crippen LogP contribution is 2.64. The molecule has 1 N–H and O–H groups in total. The van der Waals surface area contributed by atoms with E-state index in [2.05, 4.69) is 5.32 Å². The molecule has 28 heteroatoms. The Labute approximate surface area is 389 Å². The van der Waals surface area contributed by atoms with Gasteiger partial charge in [0.1, 0.15) is 24.0 Å². The van der Waals surface area contributed by atoms with E-state index in [1.807, 2.05) is 0 Å². The standard InChI is InChI=1S/C42H48F19NO7Si/c1-8-66-33(63)25(6)10-9-11-31(65-7)32(69-34(64)62-30-17-14-27(43)22-29(30)44)26-12-15-28(16-13-26)67-19-20-68-70(23(2)3,24(4)5)21-18-35(45,46)36(47,48)37(49,50)38(51,52)39(53,54)40(55,56)41(57,58)42(59,60)61/h10,12-17,22-24,31-32H,8-9,11,18-21H2,1-7H3,(H,62,64)/b25-10+/t31-,32-/m1/s1. The first-order valence-corrected chi connectivity index (χ1v) is 22.9. The number of hydrogen-bond acceptors (Lipinski definition) is 7. The Morgan fingerprint density at radius 3 is 1.70 bits per heavy atom. The molecule has 0 aromatic heterocycles. The average Bonchev–Trinajstić information content (AvgIpc) is 3.24. The molecule has 0 radical (unpaired) electrons. The summed E-state index contributed by atoms with van der Waals surface area (Å²) < 4.78 is 292. The van der Waals surface area contributed by atoms with E-state index in [1.54, 1.807) is 6.92 Å². The van der Waals surface area contributed by atoms with Crippen molar-refractivity contribution in [2.75, 3.05) is 32.2 Å². The number of benzene rings is 2. The van der Waals surface area contributed by atoms with Crippen LogP contribution in [-0.4, -0.2) is 101 Å². The second kappa shape index (κ2) is 22.9. The fraction of sp³-hybridized carbons (Fsp3) is 0.619. The largest absolute Gasteiger partial charge is 0.491 e. The number of nitrogens with one attached hydrogen (secondary N) is 1. The van der Waals surface area contributed by atoms with Gasteiger partial charge in [-0.2, -0.15) is 74.6 Å². The number of carbonyl (C=O) groups is 2. The van der Waals surface area contributed by atoms with Crippen molar-refractivity contribution in [3.63, 3.8) is 0 Å². The van der Waals surface area contributed by atoms with E-state index in [4.69, 9.17) is 23.4 Å². The second-order valence-corrected chi connectivity index (χ2v) is 21.2. The highest BCUT2D eigenvalue weighted by atomic mass is 28.4. The molecule has 70 heavy (non-hydrogen) atoms. The number of carbonyl (C=O) groups excluding carboxylic acids is 2. The lowest BCUT2D eigenvalue weighted by atomic mass is 9.88. The molecule has 2 aromatic carbocycles. The topological polar surface area (TPSA) is 92.3 Å². The van der Waals surface area contributed by atoms with Crippen LogP contribution in [0.5, 0.6) is 5.75 Å². The Bertz CT molecular complexity index is 2080. The number of alkyl halides is 17. The summed E-state index contributed by atoms with van der Waals surface area (Å²) in [6.45, 7) is 7.26. The van der Waals surface area contributed by atoms with Crippen LogP contribution in [0.1, 0.15) is 72.5 Å². The lowest BCUT2D eigenvalue weighted by Gasteiger charge is -2.44. The zero-order chi connectivity index (χ0) is 54.3. The van der Waals surface area contributed by atoms with Gasteiger partial charge in [0.2, 0.25) is 0 Å². The number of hydrogen-bond donors (Lipinski definition) is 1. The molecule has 0 aliphatic carbocycles. The minimum absolute atomic E-state index is 0.0250. The number of ether oxygens (including phenoxy) is 4. The van der Waals surface area contributed by atoms with Gasteiger partial charge >= 0.3 is 59.7 Å². The Morgan fingerprint density at radius 2 is 1.23 bits per heavy atom. The molecule has 0 bridgehead atoms. The van der Waals surface area contributed by atoms with Crippen LogP contribution in [0.2, 0.25) is 17.1 Å². The first kappa shape index (κ1) is 61.6. The van der Waals surface area contributed by atoms with Crippen molar-refractivity contribution in [2.24, 2.45) is 0 Å². The normalized spacial score (nSPS) is 15.0. The summed E-state index contributed by atoms with van der Waals surface area (Å²) in [5, 5.41) is 2.13. The number of halogens is 19. The minimum Gasteiger partial charge on any atom is -0.491 e. The quantitative estimate of drug-likeness (QED) is 0.0330. The molecule has 400 valence electrons. The molecular weight excluding hydrogens is 1020 g/mol. The molecular formula is C42H48F19NO7Si. The van der Waals surface area contributed by atoms with Crippen molar-refractivity contribution < 1.29 is 116 Å². The van der Waals surface area contributed by atoms with Crippen LogP contribution in [-0.2, 0) is 23.4 Å². The summed E-state index contributed by atoms with van der Waals surface area (Å²) in [7, 11) is -2.81. The number of anilines is 1. The van der Waals surface area contributed by atoms with Crippen LogP contribution in [0.3, 0.4) is 0 Å². The SMILES string of the molecule is CCOC(=O)/C(C)=C/CC[C@@H](OC)[C@H](OC(=O)Nc1ccc(F)cc1F)c1ccc(OCCO[Si](CCC(F)(F)C(F)(F)C(F)(F)C(F)(F)C(F)(F)C(F)(F)C(F)(F)C(F)(F)F)(C(C)C)C(C)C)cc1. The Kier molecular flexibility index (Phi) is 20.2. The van der Waals surface area contributed by atoms with Gasteiger partial charge < -0.3 is 23.4 Å². The molecule has 0 unspecified atom stereocenters. The van der Waals surface area contributed by atoms with Crippen molar-refractivity contribution >= 4 is 26.1 Å². The fourth-order valence-electron chi connectivity index (χ4n) is 6.89. The number of esters is 1. The molecule has 2 aromatic rings. The molecule has 2 atom stereocenters. The molecule has 0 saturated carbocycles. The van der Waals surface area contributed by atoms with Gasteiger partial charge in [0.15, 0.2) is 14.4 Å². The predicted octanol–water partition coefficient (Wildman–Crippen LogP) is 14.1. The third-order valence-corrected chi connectivity index (χ3v) is 16.7. The number of allylic oxidation sites excluding steroid dienone is 1. The Hall–Kier alpha value is -4.47. The highest BCUT2D eigenvalue weighted by Gasteiger charge is 2.95. The van der Waals surface area contributed by atoms with E-state index >= 15 is 8.78 Å². The van der Waals surface area contributed by atoms with Gasteiger partial charge in [-0.25, -0.2) is 18.4 Å². The molecule has 0 aliphatic rings. The molecule has 0 saturated heterocycles. The lowest BCUT2D eigenvalue weighted by molar-refractivity contribution is -0.461. The number of methoxy groups -OCH3 is 1. The molecule has 8 nitrogen and oxygen atoms in total. The van der Waals surface area contributed by atoms with E-state index in [-0.39, 0.29) is 36.3 Å². The number of rotatable bonds is 26. The molecule has 1 amide bonds. The van der Waals surface area contributed by atoms with E-state index in [0.29, 0.717) is 6.07 Å². The van der Waals surface area contributed by atoms with E-state index in [9.17, 15) is 84.2 Å². The molecule has 0 fully saturated rings. The minimum atomic E-state index is -8.73. The van der Waals surface area contributed by atoms with Crippen molar-refractivity contribution in [2.45, 2.75) is 138 Å². The first-order valence-electron chi connectivity index (χ1n) is 20.6.